The smallest absolute Gasteiger partial charge is 0.134 e. The first-order valence-corrected chi connectivity index (χ1v) is 6.99. The first-order valence-electron chi connectivity index (χ1n) is 6.11. The topological polar surface area (TPSA) is 26.3 Å². The van der Waals surface area contributed by atoms with Crippen molar-refractivity contribution in [1.29, 1.82) is 0 Å². The maximum atomic E-state index is 11.6. The quantitative estimate of drug-likeness (QED) is 0.765. The van der Waals surface area contributed by atoms with Gasteiger partial charge in [0.15, 0.2) is 0 Å². The molecule has 0 bridgehead atoms. The third kappa shape index (κ3) is 3.50. The molecule has 17 heavy (non-hydrogen) atoms. The lowest BCUT2D eigenvalue weighted by Gasteiger charge is -2.14. The van der Waals surface area contributed by atoms with E-state index >= 15 is 0 Å². The van der Waals surface area contributed by atoms with Crippen LogP contribution in [0.1, 0.15) is 32.1 Å². The Hall–Kier alpha value is -0.960. The molecule has 92 valence electrons. The van der Waals surface area contributed by atoms with Gasteiger partial charge in [-0.3, -0.25) is 4.79 Å². The van der Waals surface area contributed by atoms with Crippen molar-refractivity contribution >= 4 is 17.5 Å². The van der Waals surface area contributed by atoms with Crippen LogP contribution in [0.5, 0.6) is 5.75 Å². The minimum Gasteiger partial charge on any atom is -0.496 e. The predicted molar refractivity (Wildman–Crippen MR) is 70.7 cm³/mol. The molecule has 1 aliphatic rings. The number of carbonyl (C=O) groups excluding carboxylic acids is 1. The number of hydrogen-bond acceptors (Lipinski definition) is 3. The molecule has 0 unspecified atom stereocenters. The molecule has 1 aliphatic carbocycles. The molecule has 1 fully saturated rings. The van der Waals surface area contributed by atoms with Crippen LogP contribution in [0.25, 0.3) is 0 Å². The molecule has 0 saturated heterocycles. The highest BCUT2D eigenvalue weighted by molar-refractivity contribution is 8.00. The van der Waals surface area contributed by atoms with Crippen molar-refractivity contribution in [2.45, 2.75) is 42.2 Å². The van der Waals surface area contributed by atoms with Crippen LogP contribution in [0.2, 0.25) is 0 Å². The summed E-state index contributed by atoms with van der Waals surface area (Å²) in [7, 11) is 1.69. The Morgan fingerprint density at radius 3 is 2.94 bits per heavy atom. The SMILES string of the molecule is COc1ccccc1S[C@H]1CCCCC(=O)C1. The second-order valence-corrected chi connectivity index (χ2v) is 5.72. The lowest BCUT2D eigenvalue weighted by molar-refractivity contribution is -0.118. The molecule has 2 rings (SSSR count). The molecular formula is C14H18O2S. The second kappa shape index (κ2) is 6.10. The third-order valence-corrected chi connectivity index (χ3v) is 4.38. The number of benzene rings is 1. The number of para-hydroxylation sites is 1. The molecule has 1 aromatic rings. The van der Waals surface area contributed by atoms with Gasteiger partial charge < -0.3 is 4.74 Å². The molecule has 2 nitrogen and oxygen atoms in total. The number of methoxy groups -OCH3 is 1. The monoisotopic (exact) mass is 250 g/mol. The van der Waals surface area contributed by atoms with Crippen molar-refractivity contribution in [2.75, 3.05) is 7.11 Å². The standard InChI is InChI=1S/C14H18O2S/c1-16-13-8-4-5-9-14(13)17-12-7-3-2-6-11(15)10-12/h4-5,8-9,12H,2-3,6-7,10H2,1H3/t12-/m0/s1. The number of carbonyl (C=O) groups is 1. The van der Waals surface area contributed by atoms with E-state index in [4.69, 9.17) is 4.74 Å². The second-order valence-electron chi connectivity index (χ2n) is 4.38. The molecule has 1 saturated carbocycles. The number of Topliss-reactive ketones (excluding diaryl/α,β-unsaturated/α-hetero) is 1. The first-order chi connectivity index (χ1) is 8.29. The van der Waals surface area contributed by atoms with Gasteiger partial charge in [0.05, 0.1) is 7.11 Å². The van der Waals surface area contributed by atoms with Gasteiger partial charge in [-0.2, -0.15) is 0 Å². The Morgan fingerprint density at radius 2 is 2.12 bits per heavy atom. The Bertz CT molecular complexity index is 390. The largest absolute Gasteiger partial charge is 0.496 e. The molecule has 1 aromatic carbocycles. The van der Waals surface area contributed by atoms with Crippen molar-refractivity contribution in [2.24, 2.45) is 0 Å². The Kier molecular flexibility index (Phi) is 4.49. The van der Waals surface area contributed by atoms with E-state index < -0.39 is 0 Å². The summed E-state index contributed by atoms with van der Waals surface area (Å²) in [5, 5.41) is 0.418. The number of ketones is 1. The summed E-state index contributed by atoms with van der Waals surface area (Å²) >= 11 is 1.79. The van der Waals surface area contributed by atoms with E-state index in [1.807, 2.05) is 18.2 Å². The van der Waals surface area contributed by atoms with Crippen molar-refractivity contribution in [3.8, 4) is 5.75 Å². The average Bonchev–Trinajstić information content (AvgIpc) is 2.54. The zero-order chi connectivity index (χ0) is 12.1. The van der Waals surface area contributed by atoms with Gasteiger partial charge in [-0.05, 0) is 25.0 Å². The van der Waals surface area contributed by atoms with Crippen LogP contribution in [0.3, 0.4) is 0 Å². The molecule has 0 heterocycles. The summed E-state index contributed by atoms with van der Waals surface area (Å²) in [6.07, 6.45) is 4.83. The maximum absolute atomic E-state index is 11.6. The Morgan fingerprint density at radius 1 is 1.29 bits per heavy atom. The molecule has 0 radical (unpaired) electrons. The van der Waals surface area contributed by atoms with E-state index in [9.17, 15) is 4.79 Å². The van der Waals surface area contributed by atoms with Crippen molar-refractivity contribution < 1.29 is 9.53 Å². The molecule has 0 N–H and O–H groups in total. The van der Waals surface area contributed by atoms with Crippen LogP contribution < -0.4 is 4.74 Å². The van der Waals surface area contributed by atoms with Gasteiger partial charge in [0.25, 0.3) is 0 Å². The summed E-state index contributed by atoms with van der Waals surface area (Å²) in [5.41, 5.74) is 0. The fraction of sp³-hybridized carbons (Fsp3) is 0.500. The van der Waals surface area contributed by atoms with Crippen LogP contribution >= 0.6 is 11.8 Å². The zero-order valence-electron chi connectivity index (χ0n) is 10.1. The predicted octanol–water partition coefficient (Wildman–Crippen LogP) is 3.69. The van der Waals surface area contributed by atoms with Gasteiger partial charge in [0.1, 0.15) is 11.5 Å². The van der Waals surface area contributed by atoms with E-state index in [0.29, 0.717) is 17.5 Å². The lowest BCUT2D eigenvalue weighted by Crippen LogP contribution is -2.06. The van der Waals surface area contributed by atoms with Crippen molar-refractivity contribution in [1.82, 2.24) is 0 Å². The third-order valence-electron chi connectivity index (χ3n) is 3.05. The average molecular weight is 250 g/mol. The number of hydrogen-bond donors (Lipinski definition) is 0. The number of ether oxygens (including phenoxy) is 1. The molecule has 0 spiro atoms. The normalized spacial score (nSPS) is 21.0. The molecule has 0 aliphatic heterocycles. The van der Waals surface area contributed by atoms with E-state index in [0.717, 1.165) is 29.9 Å². The van der Waals surface area contributed by atoms with Gasteiger partial charge in [0.2, 0.25) is 0 Å². The van der Waals surface area contributed by atoms with Crippen molar-refractivity contribution in [3.05, 3.63) is 24.3 Å². The van der Waals surface area contributed by atoms with E-state index in [-0.39, 0.29) is 0 Å². The lowest BCUT2D eigenvalue weighted by atomic mass is 10.2. The first kappa shape index (κ1) is 12.5. The summed E-state index contributed by atoms with van der Waals surface area (Å²) in [6, 6.07) is 8.03. The van der Waals surface area contributed by atoms with Gasteiger partial charge in [-0.25, -0.2) is 0 Å². The highest BCUT2D eigenvalue weighted by Crippen LogP contribution is 2.36. The zero-order valence-corrected chi connectivity index (χ0v) is 11.0. The van der Waals surface area contributed by atoms with Crippen LogP contribution in [-0.2, 0) is 4.79 Å². The summed E-state index contributed by atoms with van der Waals surface area (Å²) in [4.78, 5) is 12.7. The minimum absolute atomic E-state index is 0.412. The summed E-state index contributed by atoms with van der Waals surface area (Å²) in [5.74, 6) is 1.32. The van der Waals surface area contributed by atoms with E-state index in [2.05, 4.69) is 6.07 Å². The highest BCUT2D eigenvalue weighted by atomic mass is 32.2. The Labute approximate surface area is 107 Å². The fourth-order valence-electron chi connectivity index (χ4n) is 2.15. The van der Waals surface area contributed by atoms with Gasteiger partial charge in [-0.15, -0.1) is 11.8 Å². The molecule has 1 atom stereocenters. The van der Waals surface area contributed by atoms with E-state index in [1.165, 1.54) is 6.42 Å². The summed E-state index contributed by atoms with van der Waals surface area (Å²) in [6.45, 7) is 0. The molecule has 0 amide bonds. The summed E-state index contributed by atoms with van der Waals surface area (Å²) < 4.78 is 5.34. The molecular weight excluding hydrogens is 232 g/mol. The number of rotatable bonds is 3. The Balaban J connectivity index is 2.06. The van der Waals surface area contributed by atoms with E-state index in [1.54, 1.807) is 18.9 Å². The van der Waals surface area contributed by atoms with Crippen LogP contribution in [0, 0.1) is 0 Å². The minimum atomic E-state index is 0.412. The number of thioether (sulfide) groups is 1. The highest BCUT2D eigenvalue weighted by Gasteiger charge is 2.19. The van der Waals surface area contributed by atoms with Gasteiger partial charge in [0, 0.05) is 23.0 Å². The van der Waals surface area contributed by atoms with Gasteiger partial charge in [-0.1, -0.05) is 18.6 Å². The van der Waals surface area contributed by atoms with Crippen molar-refractivity contribution in [3.63, 3.8) is 0 Å². The fourth-order valence-corrected chi connectivity index (χ4v) is 3.49. The van der Waals surface area contributed by atoms with Crippen LogP contribution in [-0.4, -0.2) is 18.1 Å². The maximum Gasteiger partial charge on any atom is 0.134 e. The van der Waals surface area contributed by atoms with Crippen LogP contribution in [0.4, 0.5) is 0 Å². The van der Waals surface area contributed by atoms with Crippen LogP contribution in [0.15, 0.2) is 29.2 Å². The molecule has 3 heteroatoms. The van der Waals surface area contributed by atoms with Gasteiger partial charge >= 0.3 is 0 Å². The molecule has 0 aromatic heterocycles.